The molecule has 1 fully saturated rings. The molecule has 2 heterocycles. The quantitative estimate of drug-likeness (QED) is 0.475. The highest BCUT2D eigenvalue weighted by Gasteiger charge is 2.39. The van der Waals surface area contributed by atoms with Crippen molar-refractivity contribution in [2.45, 2.75) is 20.3 Å². The lowest BCUT2D eigenvalue weighted by atomic mass is 10.1. The topological polar surface area (TPSA) is 82.4 Å². The van der Waals surface area contributed by atoms with Crippen LogP contribution in [0.5, 0.6) is 0 Å². The van der Waals surface area contributed by atoms with Crippen LogP contribution in [0, 0.1) is 0 Å². The van der Waals surface area contributed by atoms with Crippen LogP contribution < -0.4 is 0 Å². The van der Waals surface area contributed by atoms with Crippen molar-refractivity contribution < 1.29 is 14.4 Å². The first-order valence-electron chi connectivity index (χ1n) is 7.52. The Morgan fingerprint density at radius 1 is 1.12 bits per heavy atom. The third kappa shape index (κ3) is 2.84. The Morgan fingerprint density at radius 2 is 1.75 bits per heavy atom. The van der Waals surface area contributed by atoms with Gasteiger partial charge in [-0.25, -0.2) is 0 Å². The molecular weight excluding hydrogens is 328 g/mol. The highest BCUT2D eigenvalue weighted by Crippen LogP contribution is 2.26. The summed E-state index contributed by atoms with van der Waals surface area (Å²) in [6.45, 7) is 3.67. The van der Waals surface area contributed by atoms with Crippen LogP contribution in [0.15, 0.2) is 34.5 Å². The summed E-state index contributed by atoms with van der Waals surface area (Å²) >= 11 is 1.25. The average Bonchev–Trinajstić information content (AvgIpc) is 3.06. The smallest absolute Gasteiger partial charge is 0.263 e. The van der Waals surface area contributed by atoms with Gasteiger partial charge >= 0.3 is 0 Å². The third-order valence-electron chi connectivity index (χ3n) is 3.84. The zero-order valence-corrected chi connectivity index (χ0v) is 14.2. The average molecular weight is 344 g/mol. The van der Waals surface area contributed by atoms with Crippen molar-refractivity contribution in [1.29, 1.82) is 0 Å². The number of benzene rings is 1. The molecule has 0 radical (unpaired) electrons. The van der Waals surface area contributed by atoms with E-state index in [-0.39, 0.29) is 18.3 Å². The maximum atomic E-state index is 12.4. The second-order valence-electron chi connectivity index (χ2n) is 5.41. The second-order valence-corrected chi connectivity index (χ2v) is 6.35. The van der Waals surface area contributed by atoms with Gasteiger partial charge in [-0.1, -0.05) is 30.8 Å². The highest BCUT2D eigenvalue weighted by atomic mass is 32.2. The summed E-state index contributed by atoms with van der Waals surface area (Å²) in [4.78, 5) is 39.3. The van der Waals surface area contributed by atoms with E-state index in [1.165, 1.54) is 16.7 Å². The fraction of sp³-hybridized carbons (Fsp3) is 0.312. The molecule has 7 nitrogen and oxygen atoms in total. The number of carbonyl (C=O) groups is 3. The van der Waals surface area contributed by atoms with Gasteiger partial charge in [0.05, 0.1) is 16.9 Å². The Hall–Kier alpha value is -2.48. The summed E-state index contributed by atoms with van der Waals surface area (Å²) in [6.07, 6.45) is 0.758. The predicted octanol–water partition coefficient (Wildman–Crippen LogP) is 1.96. The Bertz CT molecular complexity index is 752. The normalized spacial score (nSPS) is 19.7. The Kier molecular flexibility index (Phi) is 4.48. The molecule has 0 aromatic heterocycles. The first kappa shape index (κ1) is 16.4. The molecular formula is C16H16N4O3S. The van der Waals surface area contributed by atoms with Crippen LogP contribution in [-0.2, 0) is 4.79 Å². The van der Waals surface area contributed by atoms with E-state index in [1.807, 2.05) is 13.8 Å². The molecule has 0 saturated carbocycles. The van der Waals surface area contributed by atoms with Gasteiger partial charge in [0.2, 0.25) is 5.91 Å². The molecule has 0 unspecified atom stereocenters. The van der Waals surface area contributed by atoms with E-state index >= 15 is 0 Å². The van der Waals surface area contributed by atoms with Gasteiger partial charge < -0.3 is 0 Å². The predicted molar refractivity (Wildman–Crippen MR) is 91.9 cm³/mol. The molecule has 0 aliphatic carbocycles. The molecule has 124 valence electrons. The van der Waals surface area contributed by atoms with E-state index in [1.54, 1.807) is 24.3 Å². The molecule has 0 spiro atoms. The lowest BCUT2D eigenvalue weighted by molar-refractivity contribution is -0.124. The van der Waals surface area contributed by atoms with Crippen LogP contribution in [0.4, 0.5) is 0 Å². The van der Waals surface area contributed by atoms with Crippen molar-refractivity contribution in [2.75, 3.05) is 12.4 Å². The zero-order valence-electron chi connectivity index (χ0n) is 13.4. The van der Waals surface area contributed by atoms with Crippen LogP contribution >= 0.6 is 11.8 Å². The molecule has 3 rings (SSSR count). The number of thioether (sulfide) groups is 1. The van der Waals surface area contributed by atoms with E-state index < -0.39 is 11.8 Å². The number of amidine groups is 1. The van der Waals surface area contributed by atoms with Gasteiger partial charge in [-0.3, -0.25) is 24.2 Å². The van der Waals surface area contributed by atoms with Crippen molar-refractivity contribution in [3.8, 4) is 0 Å². The van der Waals surface area contributed by atoms with Crippen molar-refractivity contribution in [3.63, 3.8) is 0 Å². The number of hydrogen-bond acceptors (Lipinski definition) is 6. The molecule has 3 amide bonds. The number of fused-ring (bicyclic) bond motifs is 1. The van der Waals surface area contributed by atoms with Gasteiger partial charge in [0.15, 0.2) is 5.17 Å². The van der Waals surface area contributed by atoms with E-state index in [0.29, 0.717) is 16.3 Å². The van der Waals surface area contributed by atoms with Crippen LogP contribution in [-0.4, -0.2) is 50.8 Å². The molecule has 2 aliphatic rings. The molecule has 0 bridgehead atoms. The number of imide groups is 1. The summed E-state index contributed by atoms with van der Waals surface area (Å²) in [5, 5.41) is 8.56. The van der Waals surface area contributed by atoms with E-state index in [2.05, 4.69) is 10.2 Å². The fourth-order valence-electron chi connectivity index (χ4n) is 2.32. The van der Waals surface area contributed by atoms with Crippen LogP contribution in [0.2, 0.25) is 0 Å². The van der Waals surface area contributed by atoms with Crippen molar-refractivity contribution >= 4 is 40.4 Å². The summed E-state index contributed by atoms with van der Waals surface area (Å²) in [6, 6.07) is 6.64. The number of carbonyl (C=O) groups excluding carboxylic acids is 3. The fourth-order valence-corrected chi connectivity index (χ4v) is 3.14. The minimum absolute atomic E-state index is 0.141. The summed E-state index contributed by atoms with van der Waals surface area (Å²) < 4.78 is 0. The second kappa shape index (κ2) is 6.56. The molecule has 1 aromatic carbocycles. The maximum absolute atomic E-state index is 12.4. The van der Waals surface area contributed by atoms with E-state index in [9.17, 15) is 14.4 Å². The molecule has 0 N–H and O–H groups in total. The number of hydrogen-bond donors (Lipinski definition) is 0. The van der Waals surface area contributed by atoms with Crippen LogP contribution in [0.1, 0.15) is 41.0 Å². The summed E-state index contributed by atoms with van der Waals surface area (Å²) in [5.74, 6) is -0.761. The first-order chi connectivity index (χ1) is 11.5. The monoisotopic (exact) mass is 344 g/mol. The number of nitrogens with zero attached hydrogens (tertiary/aromatic N) is 4. The Morgan fingerprint density at radius 3 is 2.33 bits per heavy atom. The lowest BCUT2D eigenvalue weighted by Gasteiger charge is -2.21. The highest BCUT2D eigenvalue weighted by molar-refractivity contribution is 8.15. The van der Waals surface area contributed by atoms with Crippen molar-refractivity contribution in [3.05, 3.63) is 35.4 Å². The first-order valence-corrected chi connectivity index (χ1v) is 8.51. The lowest BCUT2D eigenvalue weighted by Crippen LogP contribution is -2.43. The summed E-state index contributed by atoms with van der Waals surface area (Å²) in [5.41, 5.74) is 1.56. The molecule has 2 aliphatic heterocycles. The van der Waals surface area contributed by atoms with E-state index in [0.717, 1.165) is 17.0 Å². The van der Waals surface area contributed by atoms with Gasteiger partial charge in [0, 0.05) is 5.71 Å². The van der Waals surface area contributed by atoms with Crippen molar-refractivity contribution in [1.82, 2.24) is 9.80 Å². The molecule has 8 heteroatoms. The standard InChI is InChI=1S/C16H16N4O3S/c1-3-10(2)17-18-16-19(13(21)8-24-16)9-20-14(22)11-6-4-5-7-12(11)15(20)23/h4-7H,3,8-9H2,1-2H3/b17-10+,18-16-. The van der Waals surface area contributed by atoms with Gasteiger partial charge in [0.1, 0.15) is 6.67 Å². The Labute approximate surface area is 143 Å². The zero-order chi connectivity index (χ0) is 17.3. The van der Waals surface area contributed by atoms with Crippen LogP contribution in [0.3, 0.4) is 0 Å². The Balaban J connectivity index is 1.84. The van der Waals surface area contributed by atoms with Gasteiger partial charge in [-0.2, -0.15) is 5.10 Å². The number of amides is 3. The molecule has 1 saturated heterocycles. The minimum atomic E-state index is -0.395. The van der Waals surface area contributed by atoms with Gasteiger partial charge in [-0.15, -0.1) is 5.10 Å². The molecule has 24 heavy (non-hydrogen) atoms. The molecule has 1 aromatic rings. The minimum Gasteiger partial charge on any atom is -0.273 e. The van der Waals surface area contributed by atoms with E-state index in [4.69, 9.17) is 0 Å². The SMILES string of the molecule is CC/C(C)=N/N=C1\SCC(=O)N1CN1C(=O)c2ccccc2C1=O. The van der Waals surface area contributed by atoms with Gasteiger partial charge in [-0.05, 0) is 25.5 Å². The van der Waals surface area contributed by atoms with Crippen LogP contribution in [0.25, 0.3) is 0 Å². The molecule has 0 atom stereocenters. The third-order valence-corrected chi connectivity index (χ3v) is 4.79. The number of rotatable bonds is 4. The van der Waals surface area contributed by atoms with Crippen molar-refractivity contribution in [2.24, 2.45) is 10.2 Å². The maximum Gasteiger partial charge on any atom is 0.263 e. The van der Waals surface area contributed by atoms with Gasteiger partial charge in [0.25, 0.3) is 11.8 Å². The largest absolute Gasteiger partial charge is 0.273 e. The summed E-state index contributed by atoms with van der Waals surface area (Å²) in [7, 11) is 0.